The number of carbonyl (C=O) groups is 1. The first-order valence-electron chi connectivity index (χ1n) is 7.85. The summed E-state index contributed by atoms with van der Waals surface area (Å²) in [4.78, 5) is 11.2. The van der Waals surface area contributed by atoms with Crippen LogP contribution in [0.2, 0.25) is 0 Å². The lowest BCUT2D eigenvalue weighted by Gasteiger charge is -2.67. The minimum atomic E-state index is -1.51. The molecule has 1 heterocycles. The molecule has 6 heteroatoms. The molecule has 1 aromatic rings. The van der Waals surface area contributed by atoms with Crippen LogP contribution in [-0.4, -0.2) is 38.1 Å². The molecule has 0 amide bonds. The number of hydrogen-bond donors (Lipinski definition) is 4. The fourth-order valence-electron chi connectivity index (χ4n) is 4.90. The molecule has 0 spiro atoms. The molecule has 4 N–H and O–H groups in total. The van der Waals surface area contributed by atoms with Crippen molar-refractivity contribution in [1.29, 1.82) is 0 Å². The highest BCUT2D eigenvalue weighted by molar-refractivity contribution is 5.92. The van der Waals surface area contributed by atoms with E-state index in [0.717, 1.165) is 6.42 Å². The van der Waals surface area contributed by atoms with Gasteiger partial charge in [0, 0.05) is 0 Å². The third-order valence-corrected chi connectivity index (χ3v) is 6.43. The van der Waals surface area contributed by atoms with Crippen LogP contribution >= 0.6 is 0 Å². The zero-order valence-corrected chi connectivity index (χ0v) is 13.0. The van der Waals surface area contributed by atoms with Crippen molar-refractivity contribution in [3.8, 4) is 11.5 Å². The predicted molar refractivity (Wildman–Crippen MR) is 79.4 cm³/mol. The Hall–Kier alpha value is -1.79. The highest BCUT2D eigenvalue weighted by Crippen LogP contribution is 2.67. The summed E-state index contributed by atoms with van der Waals surface area (Å²) in [6.07, 6.45) is -0.481. The molecule has 2 bridgehead atoms. The maximum atomic E-state index is 11.3. The van der Waals surface area contributed by atoms with E-state index >= 15 is 0 Å². The lowest BCUT2D eigenvalue weighted by atomic mass is 9.42. The lowest BCUT2D eigenvalue weighted by Crippen LogP contribution is -2.72. The Morgan fingerprint density at radius 3 is 2.61 bits per heavy atom. The number of phenols is 1. The van der Waals surface area contributed by atoms with E-state index in [9.17, 15) is 20.1 Å². The van der Waals surface area contributed by atoms with Gasteiger partial charge in [-0.3, -0.25) is 0 Å². The van der Waals surface area contributed by atoms with Crippen molar-refractivity contribution >= 4 is 5.97 Å². The maximum absolute atomic E-state index is 11.3. The van der Waals surface area contributed by atoms with E-state index in [4.69, 9.17) is 9.84 Å². The number of fused-ring (bicyclic) bond motifs is 1. The molecule has 3 fully saturated rings. The molecule has 3 saturated carbocycles. The number of carboxylic acid groups (broad SMARTS) is 1. The first kappa shape index (κ1) is 14.8. The molecule has 124 valence electrons. The molecule has 5 rings (SSSR count). The Kier molecular flexibility index (Phi) is 2.69. The molecule has 1 aliphatic heterocycles. The van der Waals surface area contributed by atoms with Crippen LogP contribution in [0.5, 0.6) is 11.5 Å². The van der Waals surface area contributed by atoms with Crippen LogP contribution in [0, 0.1) is 17.3 Å². The maximum Gasteiger partial charge on any atom is 0.339 e. The summed E-state index contributed by atoms with van der Waals surface area (Å²) >= 11 is 0. The minimum absolute atomic E-state index is 0.0233. The summed E-state index contributed by atoms with van der Waals surface area (Å²) in [6.45, 7) is 4.13. The molecule has 1 aromatic carbocycles. The van der Waals surface area contributed by atoms with Crippen LogP contribution in [0.15, 0.2) is 12.1 Å². The van der Waals surface area contributed by atoms with Crippen LogP contribution in [0.1, 0.15) is 48.7 Å². The van der Waals surface area contributed by atoms with Crippen molar-refractivity contribution in [2.75, 3.05) is 0 Å². The van der Waals surface area contributed by atoms with Crippen molar-refractivity contribution in [2.45, 2.75) is 44.5 Å². The first-order valence-corrected chi connectivity index (χ1v) is 7.85. The number of hydrogen-bond acceptors (Lipinski definition) is 5. The molecular weight excluding hydrogens is 300 g/mol. The largest absolute Gasteiger partial charge is 0.507 e. The Morgan fingerprint density at radius 2 is 2.00 bits per heavy atom. The van der Waals surface area contributed by atoms with Crippen LogP contribution in [0.3, 0.4) is 0 Å². The molecule has 23 heavy (non-hydrogen) atoms. The monoisotopic (exact) mass is 320 g/mol. The van der Waals surface area contributed by atoms with Gasteiger partial charge in [-0.05, 0) is 42.2 Å². The Labute approximate surface area is 133 Å². The Bertz CT molecular complexity index is 711. The van der Waals surface area contributed by atoms with E-state index in [2.05, 4.69) is 13.8 Å². The second kappa shape index (κ2) is 4.19. The van der Waals surface area contributed by atoms with Gasteiger partial charge >= 0.3 is 5.97 Å². The van der Waals surface area contributed by atoms with Crippen molar-refractivity contribution in [3.05, 3.63) is 23.3 Å². The summed E-state index contributed by atoms with van der Waals surface area (Å²) in [5.74, 6) is -1.31. The molecule has 5 atom stereocenters. The zero-order valence-electron chi connectivity index (χ0n) is 13.0. The molecule has 0 radical (unpaired) electrons. The van der Waals surface area contributed by atoms with Gasteiger partial charge in [0.1, 0.15) is 34.9 Å². The van der Waals surface area contributed by atoms with E-state index in [-0.39, 0.29) is 28.2 Å². The normalized spacial score (nSPS) is 39.5. The summed E-state index contributed by atoms with van der Waals surface area (Å²) in [6, 6.07) is 2.69. The number of aromatic carboxylic acids is 1. The van der Waals surface area contributed by atoms with E-state index < -0.39 is 29.5 Å². The standard InChI is InChI=1S/C17H20O6/c1-16(2)7-5-10(16)17(22)11(6-7)23-9-4-3-8(15(20)21)13(18)12(9)14(17)19/h3-4,7,10-11,14,18-19,22H,5-6H2,1-2H3,(H,20,21). The fourth-order valence-corrected chi connectivity index (χ4v) is 4.90. The van der Waals surface area contributed by atoms with E-state index in [1.807, 2.05) is 0 Å². The summed E-state index contributed by atoms with van der Waals surface area (Å²) in [5, 5.41) is 41.5. The average molecular weight is 320 g/mol. The lowest BCUT2D eigenvalue weighted by molar-refractivity contribution is -0.289. The average Bonchev–Trinajstić information content (AvgIpc) is 2.47. The van der Waals surface area contributed by atoms with Gasteiger partial charge in [-0.2, -0.15) is 0 Å². The van der Waals surface area contributed by atoms with Gasteiger partial charge in [-0.25, -0.2) is 4.79 Å². The van der Waals surface area contributed by atoms with Crippen LogP contribution in [-0.2, 0) is 0 Å². The number of rotatable bonds is 1. The van der Waals surface area contributed by atoms with Crippen molar-refractivity contribution in [3.63, 3.8) is 0 Å². The third-order valence-electron chi connectivity index (χ3n) is 6.43. The molecule has 6 nitrogen and oxygen atoms in total. The highest BCUT2D eigenvalue weighted by atomic mass is 16.5. The quantitative estimate of drug-likeness (QED) is 0.627. The zero-order chi connectivity index (χ0) is 16.7. The van der Waals surface area contributed by atoms with Crippen LogP contribution in [0.25, 0.3) is 0 Å². The fraction of sp³-hybridized carbons (Fsp3) is 0.588. The molecular formula is C17H20O6. The molecule has 0 aromatic heterocycles. The first-order chi connectivity index (χ1) is 10.7. The van der Waals surface area contributed by atoms with E-state index in [0.29, 0.717) is 12.3 Å². The van der Waals surface area contributed by atoms with Gasteiger partial charge in [-0.15, -0.1) is 0 Å². The van der Waals surface area contributed by atoms with Crippen LogP contribution in [0.4, 0.5) is 0 Å². The van der Waals surface area contributed by atoms with Gasteiger partial charge in [0.25, 0.3) is 0 Å². The van der Waals surface area contributed by atoms with E-state index in [1.165, 1.54) is 12.1 Å². The van der Waals surface area contributed by atoms with Gasteiger partial charge in [-0.1, -0.05) is 13.8 Å². The van der Waals surface area contributed by atoms with Crippen molar-refractivity contribution in [1.82, 2.24) is 0 Å². The number of ether oxygens (including phenoxy) is 1. The minimum Gasteiger partial charge on any atom is -0.507 e. The van der Waals surface area contributed by atoms with Crippen molar-refractivity contribution < 1.29 is 30.0 Å². The van der Waals surface area contributed by atoms with Crippen molar-refractivity contribution in [2.24, 2.45) is 17.3 Å². The van der Waals surface area contributed by atoms with Crippen LogP contribution < -0.4 is 4.74 Å². The van der Waals surface area contributed by atoms with Gasteiger partial charge in [0.2, 0.25) is 0 Å². The summed E-state index contributed by atoms with van der Waals surface area (Å²) in [7, 11) is 0. The van der Waals surface area contributed by atoms with Gasteiger partial charge in [0.15, 0.2) is 0 Å². The molecule has 5 unspecified atom stereocenters. The summed E-state index contributed by atoms with van der Waals surface area (Å²) in [5.41, 5.74) is -1.97. The summed E-state index contributed by atoms with van der Waals surface area (Å²) < 4.78 is 5.86. The Balaban J connectivity index is 1.86. The number of aromatic hydroxyl groups is 1. The topological polar surface area (TPSA) is 107 Å². The Morgan fingerprint density at radius 1 is 1.30 bits per heavy atom. The number of aliphatic hydroxyl groups is 2. The molecule has 3 aliphatic carbocycles. The van der Waals surface area contributed by atoms with Gasteiger partial charge < -0.3 is 25.2 Å². The number of carboxylic acids is 1. The second-order valence-electron chi connectivity index (χ2n) is 7.62. The highest BCUT2D eigenvalue weighted by Gasteiger charge is 2.70. The smallest absolute Gasteiger partial charge is 0.339 e. The second-order valence-corrected chi connectivity index (χ2v) is 7.62. The SMILES string of the molecule is CC1(C)C2CC3Oc4ccc(C(=O)O)c(O)c4C(O)C3(O)C1C2. The number of aliphatic hydroxyl groups excluding tert-OH is 1. The van der Waals surface area contributed by atoms with E-state index in [1.54, 1.807) is 0 Å². The molecule has 0 saturated heterocycles. The molecule has 4 aliphatic rings. The van der Waals surface area contributed by atoms with Gasteiger partial charge in [0.05, 0.1) is 5.56 Å². The number of benzene rings is 1. The predicted octanol–water partition coefficient (Wildman–Crippen LogP) is 1.68. The third kappa shape index (κ3) is 1.58.